The van der Waals surface area contributed by atoms with Gasteiger partial charge in [-0.15, -0.1) is 11.3 Å². The number of nitro groups is 1. The van der Waals surface area contributed by atoms with Gasteiger partial charge in [0.1, 0.15) is 0 Å². The summed E-state index contributed by atoms with van der Waals surface area (Å²) in [5.41, 5.74) is 2.92. The van der Waals surface area contributed by atoms with Gasteiger partial charge in [0.15, 0.2) is 11.5 Å². The van der Waals surface area contributed by atoms with Crippen molar-refractivity contribution >= 4 is 34.2 Å². The molecule has 0 saturated carbocycles. The van der Waals surface area contributed by atoms with Crippen LogP contribution >= 0.6 is 11.3 Å². The van der Waals surface area contributed by atoms with E-state index in [1.54, 1.807) is 11.3 Å². The van der Waals surface area contributed by atoms with Gasteiger partial charge >= 0.3 is 5.69 Å². The fourth-order valence-electron chi connectivity index (χ4n) is 4.54. The second-order valence-electron chi connectivity index (χ2n) is 8.03. The third-order valence-electron chi connectivity index (χ3n) is 6.08. The molecule has 0 bridgehead atoms. The van der Waals surface area contributed by atoms with Crippen LogP contribution in [0, 0.1) is 10.1 Å². The summed E-state index contributed by atoms with van der Waals surface area (Å²) in [6.45, 7) is 0. The Labute approximate surface area is 193 Å². The molecule has 0 radical (unpaired) electrons. The molecule has 2 heterocycles. The molecular formula is C24H21N3O5S. The van der Waals surface area contributed by atoms with E-state index in [0.717, 1.165) is 21.9 Å². The number of ketones is 1. The third-order valence-corrected chi connectivity index (χ3v) is 7.12. The predicted octanol–water partition coefficient (Wildman–Crippen LogP) is 5.35. The molecule has 0 fully saturated rings. The summed E-state index contributed by atoms with van der Waals surface area (Å²) < 4.78 is 5.20. The summed E-state index contributed by atoms with van der Waals surface area (Å²) in [6, 6.07) is 13.8. The molecule has 0 saturated heterocycles. The molecule has 0 spiro atoms. The maximum Gasteiger partial charge on any atom is 0.315 e. The molecule has 1 aromatic heterocycles. The number of Topliss-reactive ketones (excluding diaryl/α,β-unsaturated/α-hetero) is 1. The Hall–Kier alpha value is -3.85. The normalized spacial score (nSPS) is 19.6. The predicted molar refractivity (Wildman–Crippen MR) is 126 cm³/mol. The molecule has 168 valence electrons. The lowest BCUT2D eigenvalue weighted by Crippen LogP contribution is -2.26. The summed E-state index contributed by atoms with van der Waals surface area (Å²) >= 11 is 1.63. The van der Waals surface area contributed by atoms with Crippen LogP contribution in [-0.2, 0) is 4.79 Å². The largest absolute Gasteiger partial charge is 0.500 e. The first-order valence-corrected chi connectivity index (χ1v) is 11.3. The highest BCUT2D eigenvalue weighted by molar-refractivity contribution is 7.10. The summed E-state index contributed by atoms with van der Waals surface area (Å²) in [5, 5.41) is 30.7. The van der Waals surface area contributed by atoms with Crippen LogP contribution in [0.5, 0.6) is 11.5 Å². The van der Waals surface area contributed by atoms with Crippen molar-refractivity contribution in [3.05, 3.63) is 85.7 Å². The summed E-state index contributed by atoms with van der Waals surface area (Å²) in [4.78, 5) is 25.6. The summed E-state index contributed by atoms with van der Waals surface area (Å²) in [7, 11) is 1.34. The number of ether oxygens (including phenoxy) is 1. The molecule has 5 rings (SSSR count). The molecule has 0 unspecified atom stereocenters. The first-order valence-electron chi connectivity index (χ1n) is 10.4. The van der Waals surface area contributed by atoms with Gasteiger partial charge in [-0.2, -0.15) is 0 Å². The first-order chi connectivity index (χ1) is 16.0. The number of carbonyl (C=O) groups excluding carboxylic acids is 1. The van der Waals surface area contributed by atoms with Crippen LogP contribution in [0.4, 0.5) is 17.1 Å². The molecule has 2 aromatic carbocycles. The van der Waals surface area contributed by atoms with E-state index >= 15 is 0 Å². The number of aromatic hydroxyl groups is 1. The van der Waals surface area contributed by atoms with E-state index in [2.05, 4.69) is 10.6 Å². The number of nitrogens with one attached hydrogen (secondary N) is 2. The molecule has 1 aliphatic carbocycles. The van der Waals surface area contributed by atoms with Crippen molar-refractivity contribution in [2.75, 3.05) is 17.7 Å². The van der Waals surface area contributed by atoms with E-state index in [4.69, 9.17) is 4.74 Å². The Balaban J connectivity index is 1.68. The number of nitrogens with zero attached hydrogens (tertiary/aromatic N) is 1. The number of para-hydroxylation sites is 2. The zero-order valence-electron chi connectivity index (χ0n) is 17.7. The maximum atomic E-state index is 13.5. The van der Waals surface area contributed by atoms with Crippen LogP contribution in [0.3, 0.4) is 0 Å². The van der Waals surface area contributed by atoms with Crippen LogP contribution in [0.15, 0.2) is 65.2 Å². The van der Waals surface area contributed by atoms with Gasteiger partial charge in [0.2, 0.25) is 5.75 Å². The Morgan fingerprint density at radius 3 is 2.64 bits per heavy atom. The molecule has 3 aromatic rings. The molecule has 2 atom stereocenters. The molecule has 2 aliphatic rings. The van der Waals surface area contributed by atoms with Crippen LogP contribution < -0.4 is 15.4 Å². The number of phenols is 1. The molecule has 1 aliphatic heterocycles. The number of anilines is 2. The van der Waals surface area contributed by atoms with Gasteiger partial charge in [0.25, 0.3) is 0 Å². The third kappa shape index (κ3) is 3.70. The number of nitro benzene ring substituents is 1. The number of rotatable bonds is 4. The van der Waals surface area contributed by atoms with Crippen LogP contribution in [0.25, 0.3) is 0 Å². The van der Waals surface area contributed by atoms with Crippen molar-refractivity contribution < 1.29 is 19.6 Å². The fourth-order valence-corrected chi connectivity index (χ4v) is 5.37. The minimum absolute atomic E-state index is 0.0200. The summed E-state index contributed by atoms with van der Waals surface area (Å²) in [6.07, 6.45) is 0.998. The number of hydrogen-bond donors (Lipinski definition) is 3. The number of methoxy groups -OCH3 is 1. The van der Waals surface area contributed by atoms with Crippen LogP contribution in [0.1, 0.15) is 35.2 Å². The maximum absolute atomic E-state index is 13.5. The van der Waals surface area contributed by atoms with Crippen molar-refractivity contribution in [3.8, 4) is 11.5 Å². The Kier molecular flexibility index (Phi) is 5.26. The smallest absolute Gasteiger partial charge is 0.315 e. The molecule has 8 nitrogen and oxygen atoms in total. The number of benzene rings is 2. The molecule has 3 N–H and O–H groups in total. The number of phenolic OH excluding ortho intramolecular Hbond substituents is 1. The average molecular weight is 464 g/mol. The van der Waals surface area contributed by atoms with E-state index in [1.807, 2.05) is 41.8 Å². The zero-order chi connectivity index (χ0) is 23.1. The topological polar surface area (TPSA) is 114 Å². The van der Waals surface area contributed by atoms with E-state index < -0.39 is 22.4 Å². The number of thiophene rings is 1. The first kappa shape index (κ1) is 21.0. The minimum Gasteiger partial charge on any atom is -0.500 e. The Bertz CT molecular complexity index is 1290. The van der Waals surface area contributed by atoms with Crippen molar-refractivity contribution in [2.24, 2.45) is 0 Å². The monoisotopic (exact) mass is 463 g/mol. The molecule has 0 amide bonds. The lowest BCUT2D eigenvalue weighted by atomic mass is 9.80. The van der Waals surface area contributed by atoms with Crippen molar-refractivity contribution in [3.63, 3.8) is 0 Å². The van der Waals surface area contributed by atoms with Gasteiger partial charge in [-0.3, -0.25) is 14.9 Å². The van der Waals surface area contributed by atoms with Crippen molar-refractivity contribution in [1.82, 2.24) is 0 Å². The van der Waals surface area contributed by atoms with E-state index in [1.165, 1.54) is 19.2 Å². The number of carbonyl (C=O) groups is 1. The second kappa shape index (κ2) is 8.25. The minimum atomic E-state index is -0.658. The van der Waals surface area contributed by atoms with Crippen molar-refractivity contribution in [1.29, 1.82) is 0 Å². The lowest BCUT2D eigenvalue weighted by Gasteiger charge is -2.29. The van der Waals surface area contributed by atoms with E-state index in [-0.39, 0.29) is 17.5 Å². The Morgan fingerprint density at radius 2 is 1.94 bits per heavy atom. The van der Waals surface area contributed by atoms with Crippen molar-refractivity contribution in [2.45, 2.75) is 24.8 Å². The fraction of sp³-hybridized carbons (Fsp3) is 0.208. The number of fused-ring (bicyclic) bond motifs is 1. The highest BCUT2D eigenvalue weighted by Gasteiger charge is 2.37. The highest BCUT2D eigenvalue weighted by atomic mass is 32.1. The van der Waals surface area contributed by atoms with Crippen LogP contribution in [-0.4, -0.2) is 22.9 Å². The molecular weight excluding hydrogens is 442 g/mol. The lowest BCUT2D eigenvalue weighted by molar-refractivity contribution is -0.386. The van der Waals surface area contributed by atoms with E-state index in [9.17, 15) is 20.0 Å². The van der Waals surface area contributed by atoms with Gasteiger partial charge in [-0.05, 0) is 41.6 Å². The molecule has 9 heteroatoms. The zero-order valence-corrected chi connectivity index (χ0v) is 18.5. The standard InChI is InChI=1S/C24H21N3O5S/c1-32-20-12-14(10-18(24(20)29)27(30)31)23-22-17(25-15-5-2-3-6-16(15)26-23)9-13(11-19(22)28)21-7-4-8-33-21/h2-8,10,12-13,23,25-26,29H,9,11H2,1H3/t13-,23-/m0/s1. The Morgan fingerprint density at radius 1 is 1.15 bits per heavy atom. The number of allylic oxidation sites excluding steroid dienone is 1. The quantitative estimate of drug-likeness (QED) is 0.353. The van der Waals surface area contributed by atoms with Gasteiger partial charge in [-0.1, -0.05) is 18.2 Å². The average Bonchev–Trinajstić information content (AvgIpc) is 3.28. The van der Waals surface area contributed by atoms with Gasteiger partial charge < -0.3 is 20.5 Å². The molecule has 33 heavy (non-hydrogen) atoms. The van der Waals surface area contributed by atoms with Gasteiger partial charge in [0, 0.05) is 34.6 Å². The van der Waals surface area contributed by atoms with Gasteiger partial charge in [-0.25, -0.2) is 0 Å². The number of hydrogen-bond acceptors (Lipinski definition) is 8. The second-order valence-corrected chi connectivity index (χ2v) is 9.01. The summed E-state index contributed by atoms with van der Waals surface area (Å²) in [5.74, 6) is -0.519. The van der Waals surface area contributed by atoms with Crippen LogP contribution in [0.2, 0.25) is 0 Å². The highest BCUT2D eigenvalue weighted by Crippen LogP contribution is 2.47. The SMILES string of the molecule is COc1cc([C@@H]2Nc3ccccc3NC3=C2C(=O)C[C@@H](c2cccs2)C3)cc([N+](=O)[O-])c1O. The van der Waals surface area contributed by atoms with E-state index in [0.29, 0.717) is 24.0 Å². The van der Waals surface area contributed by atoms with Gasteiger partial charge in [0.05, 0.1) is 29.4 Å².